The van der Waals surface area contributed by atoms with Crippen molar-refractivity contribution in [2.75, 3.05) is 10.7 Å². The number of pyridine rings is 1. The van der Waals surface area contributed by atoms with E-state index in [1.807, 2.05) is 55.5 Å². The lowest BCUT2D eigenvalue weighted by Crippen LogP contribution is -2.31. The maximum atomic E-state index is 13.2. The molecule has 0 fully saturated rings. The van der Waals surface area contributed by atoms with Gasteiger partial charge in [-0.05, 0) is 60.5 Å². The van der Waals surface area contributed by atoms with Crippen LogP contribution in [0.4, 0.5) is 5.13 Å². The number of hydrogen-bond donors (Lipinski definition) is 0. The number of anilines is 1. The first-order chi connectivity index (χ1) is 14.5. The molecule has 0 aliphatic rings. The molecule has 0 aliphatic carbocycles. The Bertz CT molecular complexity index is 1180. The molecule has 4 aromatic rings. The summed E-state index contributed by atoms with van der Waals surface area (Å²) in [5, 5.41) is 2.00. The fourth-order valence-electron chi connectivity index (χ4n) is 2.89. The first-order valence-electron chi connectivity index (χ1n) is 9.14. The highest BCUT2D eigenvalue weighted by Crippen LogP contribution is 2.34. The van der Waals surface area contributed by atoms with Gasteiger partial charge >= 0.3 is 0 Å². The molecule has 2 aromatic heterocycles. The molecule has 0 saturated heterocycles. The normalized spacial score (nSPS) is 11.0. The number of rotatable bonds is 6. The van der Waals surface area contributed by atoms with Gasteiger partial charge in [0.2, 0.25) is 5.91 Å². The summed E-state index contributed by atoms with van der Waals surface area (Å²) < 4.78 is 1.00. The second-order valence-electron chi connectivity index (χ2n) is 6.60. The van der Waals surface area contributed by atoms with Crippen LogP contribution in [0.5, 0.6) is 0 Å². The average molecular weight is 474 g/mol. The second-order valence-corrected chi connectivity index (χ2v) is 9.50. The number of hydrogen-bond acceptors (Lipinski definition) is 5. The molecule has 0 atom stereocenters. The van der Waals surface area contributed by atoms with Gasteiger partial charge in [-0.15, -0.1) is 11.8 Å². The van der Waals surface area contributed by atoms with Gasteiger partial charge < -0.3 is 0 Å². The first kappa shape index (κ1) is 21.1. The summed E-state index contributed by atoms with van der Waals surface area (Å²) >= 11 is 15.2. The van der Waals surface area contributed by atoms with Crippen molar-refractivity contribution in [1.29, 1.82) is 0 Å². The van der Waals surface area contributed by atoms with E-state index in [1.54, 1.807) is 17.3 Å². The number of aromatic nitrogens is 2. The van der Waals surface area contributed by atoms with Crippen LogP contribution < -0.4 is 4.90 Å². The minimum absolute atomic E-state index is 0.0263. The van der Waals surface area contributed by atoms with Crippen LogP contribution in [-0.2, 0) is 11.3 Å². The van der Waals surface area contributed by atoms with Gasteiger partial charge in [-0.3, -0.25) is 14.7 Å². The molecule has 152 valence electrons. The highest BCUT2D eigenvalue weighted by molar-refractivity contribution is 8.00. The molecule has 4 rings (SSSR count). The third-order valence-electron chi connectivity index (χ3n) is 4.51. The number of fused-ring (bicyclic) bond motifs is 1. The predicted octanol–water partition coefficient (Wildman–Crippen LogP) is 6.63. The van der Waals surface area contributed by atoms with E-state index in [-0.39, 0.29) is 11.7 Å². The Morgan fingerprint density at radius 3 is 2.67 bits per heavy atom. The van der Waals surface area contributed by atoms with Crippen LogP contribution >= 0.6 is 46.3 Å². The van der Waals surface area contributed by atoms with Crippen LogP contribution in [-0.4, -0.2) is 21.6 Å². The predicted molar refractivity (Wildman–Crippen MR) is 127 cm³/mol. The van der Waals surface area contributed by atoms with E-state index in [1.165, 1.54) is 23.1 Å². The minimum atomic E-state index is -0.0263. The van der Waals surface area contributed by atoms with E-state index in [0.29, 0.717) is 21.7 Å². The number of benzene rings is 2. The number of carbonyl (C=O) groups excluding carboxylic acids is 1. The topological polar surface area (TPSA) is 46.1 Å². The summed E-state index contributed by atoms with van der Waals surface area (Å²) in [4.78, 5) is 24.8. The van der Waals surface area contributed by atoms with Gasteiger partial charge in [0.05, 0.1) is 22.5 Å². The van der Waals surface area contributed by atoms with Crippen LogP contribution in [0.25, 0.3) is 10.2 Å². The first-order valence-corrected chi connectivity index (χ1v) is 11.7. The van der Waals surface area contributed by atoms with Gasteiger partial charge in [-0.25, -0.2) is 4.98 Å². The summed E-state index contributed by atoms with van der Waals surface area (Å²) in [5.41, 5.74) is 2.69. The van der Waals surface area contributed by atoms with Crippen LogP contribution in [0.2, 0.25) is 10.0 Å². The zero-order valence-corrected chi connectivity index (χ0v) is 19.2. The van der Waals surface area contributed by atoms with Crippen LogP contribution in [0.15, 0.2) is 65.8 Å². The molecule has 8 heteroatoms. The molecule has 30 heavy (non-hydrogen) atoms. The van der Waals surface area contributed by atoms with Crippen molar-refractivity contribution < 1.29 is 4.79 Å². The van der Waals surface area contributed by atoms with Crippen LogP contribution in [0, 0.1) is 6.92 Å². The Labute approximate surface area is 192 Å². The molecule has 0 aliphatic heterocycles. The summed E-state index contributed by atoms with van der Waals surface area (Å²) in [6.45, 7) is 2.35. The number of thiazole rings is 1. The summed E-state index contributed by atoms with van der Waals surface area (Å²) in [6, 6.07) is 15.1. The Morgan fingerprint density at radius 2 is 1.93 bits per heavy atom. The third kappa shape index (κ3) is 4.78. The number of thioether (sulfide) groups is 1. The molecule has 0 bridgehead atoms. The molecule has 2 heterocycles. The Hall–Kier alpha value is -2.12. The van der Waals surface area contributed by atoms with Crippen molar-refractivity contribution in [1.82, 2.24) is 9.97 Å². The standard InChI is InChI=1S/C22H17Cl2N3OS2/c1-14-18(24)8-9-19-21(14)26-22(30-19)27(12-15-3-2-10-25-11-15)20(28)13-29-17-6-4-16(23)5-7-17/h2-11H,12-13H2,1H3. The van der Waals surface area contributed by atoms with Crippen molar-refractivity contribution in [3.8, 4) is 0 Å². The SMILES string of the molecule is Cc1c(Cl)ccc2sc(N(Cc3cccnc3)C(=O)CSc3ccc(Cl)cc3)nc12. The van der Waals surface area contributed by atoms with E-state index >= 15 is 0 Å². The zero-order valence-electron chi connectivity index (χ0n) is 16.0. The highest BCUT2D eigenvalue weighted by Gasteiger charge is 2.21. The maximum Gasteiger partial charge on any atom is 0.239 e. The quantitative estimate of drug-likeness (QED) is 0.294. The molecule has 2 aromatic carbocycles. The van der Waals surface area contributed by atoms with E-state index < -0.39 is 0 Å². The molecule has 0 radical (unpaired) electrons. The molecular formula is C22H17Cl2N3OS2. The Balaban J connectivity index is 1.63. The third-order valence-corrected chi connectivity index (χ3v) is 7.21. The molecule has 0 unspecified atom stereocenters. The van der Waals surface area contributed by atoms with Crippen molar-refractivity contribution in [2.24, 2.45) is 0 Å². The average Bonchev–Trinajstić information content (AvgIpc) is 3.19. The Kier molecular flexibility index (Phi) is 6.58. The van der Waals surface area contributed by atoms with Gasteiger partial charge in [-0.2, -0.15) is 0 Å². The number of halogens is 2. The van der Waals surface area contributed by atoms with Crippen molar-refractivity contribution >= 4 is 67.6 Å². The minimum Gasteiger partial charge on any atom is -0.283 e. The van der Waals surface area contributed by atoms with E-state index in [9.17, 15) is 4.79 Å². The molecule has 4 nitrogen and oxygen atoms in total. The number of carbonyl (C=O) groups is 1. The smallest absolute Gasteiger partial charge is 0.239 e. The van der Waals surface area contributed by atoms with Gasteiger partial charge in [-0.1, -0.05) is 40.6 Å². The Morgan fingerprint density at radius 1 is 1.13 bits per heavy atom. The lowest BCUT2D eigenvalue weighted by molar-refractivity contribution is -0.116. The summed E-state index contributed by atoms with van der Waals surface area (Å²) in [7, 11) is 0. The lowest BCUT2D eigenvalue weighted by atomic mass is 10.2. The van der Waals surface area contributed by atoms with Gasteiger partial charge in [0, 0.05) is 27.3 Å². The lowest BCUT2D eigenvalue weighted by Gasteiger charge is -2.19. The second kappa shape index (κ2) is 9.35. The zero-order chi connectivity index (χ0) is 21.1. The number of amides is 1. The molecule has 0 saturated carbocycles. The van der Waals surface area contributed by atoms with Crippen molar-refractivity contribution in [3.05, 3.63) is 82.1 Å². The fourth-order valence-corrected chi connectivity index (χ4v) is 4.99. The maximum absolute atomic E-state index is 13.2. The fraction of sp³-hybridized carbons (Fsp3) is 0.136. The molecule has 1 amide bonds. The molecule has 0 N–H and O–H groups in total. The van der Waals surface area contributed by atoms with Gasteiger partial charge in [0.1, 0.15) is 0 Å². The van der Waals surface area contributed by atoms with Crippen molar-refractivity contribution in [2.45, 2.75) is 18.4 Å². The monoisotopic (exact) mass is 473 g/mol. The summed E-state index contributed by atoms with van der Waals surface area (Å²) in [5.74, 6) is 0.263. The van der Waals surface area contributed by atoms with Crippen molar-refractivity contribution in [3.63, 3.8) is 0 Å². The van der Waals surface area contributed by atoms with E-state index in [4.69, 9.17) is 28.2 Å². The van der Waals surface area contributed by atoms with E-state index in [0.717, 1.165) is 26.2 Å². The van der Waals surface area contributed by atoms with Crippen LogP contribution in [0.1, 0.15) is 11.1 Å². The number of nitrogens with zero attached hydrogens (tertiary/aromatic N) is 3. The molecular weight excluding hydrogens is 457 g/mol. The van der Waals surface area contributed by atoms with Crippen LogP contribution in [0.3, 0.4) is 0 Å². The molecule has 0 spiro atoms. The van der Waals surface area contributed by atoms with Gasteiger partial charge in [0.15, 0.2) is 5.13 Å². The van der Waals surface area contributed by atoms with E-state index in [2.05, 4.69) is 4.98 Å². The summed E-state index contributed by atoms with van der Waals surface area (Å²) in [6.07, 6.45) is 3.48. The highest BCUT2D eigenvalue weighted by atomic mass is 35.5. The number of aryl methyl sites for hydroxylation is 1. The largest absolute Gasteiger partial charge is 0.283 e. The van der Waals surface area contributed by atoms with Gasteiger partial charge in [0.25, 0.3) is 0 Å².